The molecule has 0 aliphatic rings. The van der Waals surface area contributed by atoms with Crippen LogP contribution < -0.4 is 5.32 Å². The molecule has 0 radical (unpaired) electrons. The number of hydrogen-bond donors (Lipinski definition) is 1. The highest BCUT2D eigenvalue weighted by Crippen LogP contribution is 2.35. The maximum atomic E-state index is 13.2. The minimum atomic E-state index is -1.53. The van der Waals surface area contributed by atoms with Gasteiger partial charge in [-0.05, 0) is 20.8 Å². The van der Waals surface area contributed by atoms with Crippen molar-refractivity contribution in [2.24, 2.45) is 0 Å². The summed E-state index contributed by atoms with van der Waals surface area (Å²) in [7, 11) is 0. The molecule has 0 heterocycles. The molecule has 2 aromatic carbocycles. The smallest absolute Gasteiger partial charge is 0.304 e. The highest BCUT2D eigenvalue weighted by molar-refractivity contribution is 5.93. The summed E-state index contributed by atoms with van der Waals surface area (Å²) >= 11 is 0. The lowest BCUT2D eigenvalue weighted by molar-refractivity contribution is -0.164. The number of carbonyl (C=O) groups excluding carboxylic acids is 2. The Balaban J connectivity index is 2.69. The van der Waals surface area contributed by atoms with Gasteiger partial charge in [-0.15, -0.1) is 0 Å². The molecule has 126 valence electrons. The summed E-state index contributed by atoms with van der Waals surface area (Å²) in [6, 6.07) is 18.2. The van der Waals surface area contributed by atoms with E-state index in [9.17, 15) is 9.59 Å². The molecule has 0 spiro atoms. The Kier molecular flexibility index (Phi) is 5.07. The third kappa shape index (κ3) is 3.82. The fourth-order valence-corrected chi connectivity index (χ4v) is 2.58. The SMILES string of the molecule is CC(=O)OC(C(=O)NC(C)(C)C)(c1ccccc1)c1ccccc1. The molecule has 0 atom stereocenters. The lowest BCUT2D eigenvalue weighted by Crippen LogP contribution is -2.53. The number of benzene rings is 2. The van der Waals surface area contributed by atoms with Gasteiger partial charge in [0.25, 0.3) is 5.91 Å². The van der Waals surface area contributed by atoms with Gasteiger partial charge in [-0.25, -0.2) is 0 Å². The van der Waals surface area contributed by atoms with E-state index >= 15 is 0 Å². The zero-order chi connectivity index (χ0) is 17.8. The first-order valence-corrected chi connectivity index (χ1v) is 7.89. The highest BCUT2D eigenvalue weighted by atomic mass is 16.6. The predicted molar refractivity (Wildman–Crippen MR) is 93.3 cm³/mol. The van der Waals surface area contributed by atoms with E-state index in [1.54, 1.807) is 24.3 Å². The summed E-state index contributed by atoms with van der Waals surface area (Å²) in [4.78, 5) is 25.1. The normalized spacial score (nSPS) is 11.7. The molecular formula is C20H23NO3. The average Bonchev–Trinajstić information content (AvgIpc) is 2.52. The first kappa shape index (κ1) is 17.7. The average molecular weight is 325 g/mol. The molecule has 4 nitrogen and oxygen atoms in total. The van der Waals surface area contributed by atoms with Crippen LogP contribution in [0.4, 0.5) is 0 Å². The molecule has 1 amide bonds. The number of rotatable bonds is 4. The summed E-state index contributed by atoms with van der Waals surface area (Å²) < 4.78 is 5.67. The first-order chi connectivity index (χ1) is 11.3. The lowest BCUT2D eigenvalue weighted by Gasteiger charge is -2.35. The molecule has 0 aliphatic heterocycles. The molecule has 24 heavy (non-hydrogen) atoms. The van der Waals surface area contributed by atoms with Crippen molar-refractivity contribution in [2.75, 3.05) is 0 Å². The van der Waals surface area contributed by atoms with Crippen molar-refractivity contribution >= 4 is 11.9 Å². The molecule has 0 saturated carbocycles. The molecule has 0 bridgehead atoms. The maximum absolute atomic E-state index is 13.2. The molecule has 2 aromatic rings. The number of amides is 1. The Labute approximate surface area is 142 Å². The molecular weight excluding hydrogens is 302 g/mol. The Bertz CT molecular complexity index is 663. The number of ether oxygens (including phenoxy) is 1. The summed E-state index contributed by atoms with van der Waals surface area (Å²) in [5.41, 5.74) is -0.783. The van der Waals surface area contributed by atoms with Crippen LogP contribution in [-0.4, -0.2) is 17.4 Å². The van der Waals surface area contributed by atoms with Crippen LogP contribution in [0.2, 0.25) is 0 Å². The third-order valence-electron chi connectivity index (χ3n) is 3.47. The van der Waals surface area contributed by atoms with Gasteiger partial charge in [-0.1, -0.05) is 60.7 Å². The van der Waals surface area contributed by atoms with E-state index in [4.69, 9.17) is 4.74 Å². The van der Waals surface area contributed by atoms with Crippen LogP contribution in [0, 0.1) is 0 Å². The summed E-state index contributed by atoms with van der Waals surface area (Å²) in [5, 5.41) is 2.95. The minimum absolute atomic E-state index is 0.373. The molecule has 1 N–H and O–H groups in total. The van der Waals surface area contributed by atoms with Gasteiger partial charge in [0.2, 0.25) is 5.60 Å². The van der Waals surface area contributed by atoms with E-state index < -0.39 is 17.1 Å². The predicted octanol–water partition coefficient (Wildman–Crippen LogP) is 3.41. The second-order valence-electron chi connectivity index (χ2n) is 6.71. The molecule has 0 aliphatic carbocycles. The molecule has 4 heteroatoms. The summed E-state index contributed by atoms with van der Waals surface area (Å²) in [6.45, 7) is 6.98. The van der Waals surface area contributed by atoms with E-state index in [1.807, 2.05) is 57.2 Å². The van der Waals surface area contributed by atoms with Gasteiger partial charge in [0.15, 0.2) is 0 Å². The fourth-order valence-electron chi connectivity index (χ4n) is 2.58. The van der Waals surface area contributed by atoms with Crippen molar-refractivity contribution in [2.45, 2.75) is 38.8 Å². The Hall–Kier alpha value is -2.62. The third-order valence-corrected chi connectivity index (χ3v) is 3.47. The van der Waals surface area contributed by atoms with Crippen LogP contribution in [0.5, 0.6) is 0 Å². The topological polar surface area (TPSA) is 55.4 Å². The standard InChI is InChI=1S/C20H23NO3/c1-15(22)24-20(16-11-7-5-8-12-16,17-13-9-6-10-14-17)18(23)21-19(2,3)4/h5-14H,1-4H3,(H,21,23). The summed E-state index contributed by atoms with van der Waals surface area (Å²) in [6.07, 6.45) is 0. The zero-order valence-electron chi connectivity index (χ0n) is 14.5. The van der Waals surface area contributed by atoms with Crippen molar-refractivity contribution in [3.63, 3.8) is 0 Å². The summed E-state index contributed by atoms with van der Waals surface area (Å²) in [5.74, 6) is -0.894. The van der Waals surface area contributed by atoms with E-state index in [0.29, 0.717) is 11.1 Å². The highest BCUT2D eigenvalue weighted by Gasteiger charge is 2.46. The van der Waals surface area contributed by atoms with Crippen molar-refractivity contribution in [1.82, 2.24) is 5.32 Å². The van der Waals surface area contributed by atoms with Crippen molar-refractivity contribution in [1.29, 1.82) is 0 Å². The quantitative estimate of drug-likeness (QED) is 0.877. The van der Waals surface area contributed by atoms with E-state index in [1.165, 1.54) is 6.92 Å². The van der Waals surface area contributed by atoms with Crippen molar-refractivity contribution in [3.8, 4) is 0 Å². The van der Waals surface area contributed by atoms with Crippen LogP contribution in [0.25, 0.3) is 0 Å². The van der Waals surface area contributed by atoms with Gasteiger partial charge in [-0.3, -0.25) is 9.59 Å². The van der Waals surface area contributed by atoms with Gasteiger partial charge in [0.1, 0.15) is 0 Å². The minimum Gasteiger partial charge on any atom is -0.439 e. The number of carbonyl (C=O) groups is 2. The van der Waals surface area contributed by atoms with Crippen LogP contribution in [0.1, 0.15) is 38.8 Å². The molecule has 0 aromatic heterocycles. The number of hydrogen-bond acceptors (Lipinski definition) is 3. The van der Waals surface area contributed by atoms with Crippen LogP contribution in [-0.2, 0) is 19.9 Å². The molecule has 0 unspecified atom stereocenters. The van der Waals surface area contributed by atoms with Gasteiger partial charge < -0.3 is 10.1 Å². The molecule has 0 fully saturated rings. The molecule has 0 saturated heterocycles. The lowest BCUT2D eigenvalue weighted by atomic mass is 9.84. The van der Waals surface area contributed by atoms with Crippen LogP contribution in [0.3, 0.4) is 0 Å². The fraction of sp³-hybridized carbons (Fsp3) is 0.300. The number of esters is 1. The zero-order valence-corrected chi connectivity index (χ0v) is 14.5. The van der Waals surface area contributed by atoms with E-state index in [-0.39, 0.29) is 5.91 Å². The second-order valence-corrected chi connectivity index (χ2v) is 6.71. The Morgan fingerprint density at radius 2 is 1.25 bits per heavy atom. The second kappa shape index (κ2) is 6.87. The maximum Gasteiger partial charge on any atom is 0.304 e. The Morgan fingerprint density at radius 1 is 0.833 bits per heavy atom. The van der Waals surface area contributed by atoms with E-state index in [2.05, 4.69) is 5.32 Å². The van der Waals surface area contributed by atoms with Crippen molar-refractivity contribution < 1.29 is 14.3 Å². The van der Waals surface area contributed by atoms with Gasteiger partial charge in [0, 0.05) is 23.6 Å². The monoisotopic (exact) mass is 325 g/mol. The van der Waals surface area contributed by atoms with E-state index in [0.717, 1.165) is 0 Å². The van der Waals surface area contributed by atoms with Crippen LogP contribution >= 0.6 is 0 Å². The van der Waals surface area contributed by atoms with Gasteiger partial charge >= 0.3 is 5.97 Å². The van der Waals surface area contributed by atoms with Gasteiger partial charge in [-0.2, -0.15) is 0 Å². The largest absolute Gasteiger partial charge is 0.439 e. The molecule has 2 rings (SSSR count). The van der Waals surface area contributed by atoms with Gasteiger partial charge in [0.05, 0.1) is 0 Å². The number of nitrogens with one attached hydrogen (secondary N) is 1. The van der Waals surface area contributed by atoms with Crippen molar-refractivity contribution in [3.05, 3.63) is 71.8 Å². The Morgan fingerprint density at radius 3 is 1.58 bits per heavy atom. The van der Waals surface area contributed by atoms with Crippen LogP contribution in [0.15, 0.2) is 60.7 Å². The first-order valence-electron chi connectivity index (χ1n) is 7.89.